The Morgan fingerprint density at radius 3 is 2.33 bits per heavy atom. The SMILES string of the molecule is COP(=O)(Cc1cc(=O)[nH]c(=O)[nH]1)OC. The minimum Gasteiger partial charge on any atom is -0.312 e. The van der Waals surface area contributed by atoms with E-state index in [1.54, 1.807) is 0 Å². The molecule has 0 aromatic carbocycles. The van der Waals surface area contributed by atoms with Crippen LogP contribution in [0.2, 0.25) is 0 Å². The van der Waals surface area contributed by atoms with Crippen molar-refractivity contribution in [3.8, 4) is 0 Å². The van der Waals surface area contributed by atoms with Crippen molar-refractivity contribution < 1.29 is 13.6 Å². The number of rotatable bonds is 4. The predicted molar refractivity (Wildman–Crippen MR) is 53.0 cm³/mol. The molecule has 0 aliphatic rings. The van der Waals surface area contributed by atoms with Gasteiger partial charge in [0.05, 0.1) is 6.16 Å². The van der Waals surface area contributed by atoms with E-state index in [0.29, 0.717) is 0 Å². The number of H-pyrrole nitrogens is 2. The van der Waals surface area contributed by atoms with Crippen LogP contribution in [0.25, 0.3) is 0 Å². The highest BCUT2D eigenvalue weighted by Gasteiger charge is 2.22. The molecule has 1 rings (SSSR count). The lowest BCUT2D eigenvalue weighted by Crippen LogP contribution is -2.23. The minimum absolute atomic E-state index is 0.154. The molecule has 15 heavy (non-hydrogen) atoms. The largest absolute Gasteiger partial charge is 0.335 e. The molecule has 0 saturated heterocycles. The van der Waals surface area contributed by atoms with E-state index < -0.39 is 18.8 Å². The molecule has 0 bridgehead atoms. The molecule has 0 atom stereocenters. The first-order chi connectivity index (χ1) is 6.99. The summed E-state index contributed by atoms with van der Waals surface area (Å²) in [7, 11) is -0.802. The lowest BCUT2D eigenvalue weighted by atomic mass is 10.4. The number of hydrogen-bond donors (Lipinski definition) is 2. The predicted octanol–water partition coefficient (Wildman–Crippen LogP) is 0.0491. The molecule has 0 aliphatic carbocycles. The van der Waals surface area contributed by atoms with Gasteiger partial charge in [-0.05, 0) is 0 Å². The topological polar surface area (TPSA) is 101 Å². The van der Waals surface area contributed by atoms with Crippen LogP contribution < -0.4 is 11.2 Å². The molecule has 0 aliphatic heterocycles. The summed E-state index contributed by atoms with van der Waals surface area (Å²) in [6.45, 7) is 0. The molecule has 0 fully saturated rings. The monoisotopic (exact) mass is 234 g/mol. The first-order valence-electron chi connectivity index (χ1n) is 4.02. The molecule has 8 heteroatoms. The van der Waals surface area contributed by atoms with Crippen LogP contribution in [0.5, 0.6) is 0 Å². The summed E-state index contributed by atoms with van der Waals surface area (Å²) in [6.07, 6.45) is -0.154. The van der Waals surface area contributed by atoms with Crippen molar-refractivity contribution in [2.75, 3.05) is 14.2 Å². The Labute approximate surface area is 85.0 Å². The molecule has 84 valence electrons. The molecule has 0 radical (unpaired) electrons. The number of nitrogens with one attached hydrogen (secondary N) is 2. The standard InChI is InChI=1S/C7H11N2O5P/c1-13-15(12,14-2)4-5-3-6(10)9-7(11)8-5/h3H,4H2,1-2H3,(H2,8,9,10,11). The van der Waals surface area contributed by atoms with Crippen LogP contribution in [0.3, 0.4) is 0 Å². The van der Waals surface area contributed by atoms with E-state index >= 15 is 0 Å². The van der Waals surface area contributed by atoms with Crippen LogP contribution >= 0.6 is 7.60 Å². The fourth-order valence-electron chi connectivity index (χ4n) is 1.02. The molecule has 1 heterocycles. The maximum atomic E-state index is 11.7. The van der Waals surface area contributed by atoms with Gasteiger partial charge in [0.25, 0.3) is 5.56 Å². The minimum atomic E-state index is -3.27. The van der Waals surface area contributed by atoms with Crippen LogP contribution in [0.4, 0.5) is 0 Å². The highest BCUT2D eigenvalue weighted by atomic mass is 31.2. The van der Waals surface area contributed by atoms with Crippen LogP contribution in [0, 0.1) is 0 Å². The fourth-order valence-corrected chi connectivity index (χ4v) is 2.01. The van der Waals surface area contributed by atoms with Crippen molar-refractivity contribution in [2.24, 2.45) is 0 Å². The van der Waals surface area contributed by atoms with E-state index in [9.17, 15) is 14.2 Å². The van der Waals surface area contributed by atoms with Crippen molar-refractivity contribution >= 4 is 7.60 Å². The fraction of sp³-hybridized carbons (Fsp3) is 0.429. The Morgan fingerprint density at radius 2 is 1.87 bits per heavy atom. The first kappa shape index (κ1) is 11.9. The van der Waals surface area contributed by atoms with Gasteiger partial charge >= 0.3 is 13.3 Å². The third-order valence-corrected chi connectivity index (χ3v) is 3.58. The summed E-state index contributed by atoms with van der Waals surface area (Å²) in [6, 6.07) is 1.13. The summed E-state index contributed by atoms with van der Waals surface area (Å²) < 4.78 is 21.0. The average molecular weight is 234 g/mol. The maximum Gasteiger partial charge on any atom is 0.335 e. The highest BCUT2D eigenvalue weighted by molar-refractivity contribution is 7.52. The third kappa shape index (κ3) is 3.16. The van der Waals surface area contributed by atoms with Gasteiger partial charge in [-0.15, -0.1) is 0 Å². The third-order valence-electron chi connectivity index (χ3n) is 1.74. The normalized spacial score (nSPS) is 11.6. The second-order valence-electron chi connectivity index (χ2n) is 2.75. The molecule has 0 spiro atoms. The lowest BCUT2D eigenvalue weighted by molar-refractivity contribution is 0.274. The summed E-state index contributed by atoms with van der Waals surface area (Å²) >= 11 is 0. The van der Waals surface area contributed by atoms with Gasteiger partial charge in [-0.1, -0.05) is 0 Å². The van der Waals surface area contributed by atoms with Gasteiger partial charge in [-0.3, -0.25) is 14.3 Å². The van der Waals surface area contributed by atoms with E-state index in [1.165, 1.54) is 14.2 Å². The highest BCUT2D eigenvalue weighted by Crippen LogP contribution is 2.48. The van der Waals surface area contributed by atoms with Crippen LogP contribution in [0.15, 0.2) is 15.7 Å². The van der Waals surface area contributed by atoms with Crippen LogP contribution in [0.1, 0.15) is 5.69 Å². The van der Waals surface area contributed by atoms with E-state index in [2.05, 4.69) is 14.0 Å². The van der Waals surface area contributed by atoms with E-state index in [4.69, 9.17) is 0 Å². The van der Waals surface area contributed by atoms with Crippen LogP contribution in [-0.4, -0.2) is 24.2 Å². The molecule has 0 amide bonds. The van der Waals surface area contributed by atoms with Gasteiger partial charge in [0.2, 0.25) is 0 Å². The number of aromatic nitrogens is 2. The zero-order valence-corrected chi connectivity index (χ0v) is 9.17. The van der Waals surface area contributed by atoms with Crippen molar-refractivity contribution in [2.45, 2.75) is 6.16 Å². The lowest BCUT2D eigenvalue weighted by Gasteiger charge is -2.12. The molecule has 1 aromatic heterocycles. The molecular formula is C7H11N2O5P. The van der Waals surface area contributed by atoms with Gasteiger partial charge in [0, 0.05) is 26.0 Å². The van der Waals surface area contributed by atoms with E-state index in [1.807, 2.05) is 4.98 Å². The summed E-state index contributed by atoms with van der Waals surface area (Å²) in [5.41, 5.74) is -1.01. The Balaban J connectivity index is 3.04. The van der Waals surface area contributed by atoms with Gasteiger partial charge in [0.1, 0.15) is 0 Å². The Hall–Kier alpha value is -1.17. The van der Waals surface area contributed by atoms with Crippen LogP contribution in [-0.2, 0) is 19.8 Å². The van der Waals surface area contributed by atoms with Crippen molar-refractivity contribution in [3.63, 3.8) is 0 Å². The van der Waals surface area contributed by atoms with Gasteiger partial charge in [0.15, 0.2) is 0 Å². The quantitative estimate of drug-likeness (QED) is 0.716. The van der Waals surface area contributed by atoms with Gasteiger partial charge in [-0.25, -0.2) is 4.79 Å². The number of hydrogen-bond acceptors (Lipinski definition) is 5. The Kier molecular flexibility index (Phi) is 3.62. The van der Waals surface area contributed by atoms with Crippen molar-refractivity contribution in [3.05, 3.63) is 32.6 Å². The second kappa shape index (κ2) is 4.57. The average Bonchev–Trinajstić information content (AvgIpc) is 2.16. The van der Waals surface area contributed by atoms with E-state index in [-0.39, 0.29) is 11.9 Å². The van der Waals surface area contributed by atoms with Crippen molar-refractivity contribution in [1.29, 1.82) is 0 Å². The molecule has 2 N–H and O–H groups in total. The first-order valence-corrected chi connectivity index (χ1v) is 5.75. The smallest absolute Gasteiger partial charge is 0.312 e. The summed E-state index contributed by atoms with van der Waals surface area (Å²) in [5, 5.41) is 0. The second-order valence-corrected chi connectivity index (χ2v) is 5.02. The molecule has 7 nitrogen and oxygen atoms in total. The molecule has 1 aromatic rings. The molecular weight excluding hydrogens is 223 g/mol. The zero-order valence-electron chi connectivity index (χ0n) is 8.27. The number of aromatic amines is 2. The summed E-state index contributed by atoms with van der Waals surface area (Å²) in [5.74, 6) is 0. The van der Waals surface area contributed by atoms with Gasteiger partial charge in [-0.2, -0.15) is 0 Å². The molecule has 0 saturated carbocycles. The molecule has 0 unspecified atom stereocenters. The Bertz CT molecular complexity index is 454. The summed E-state index contributed by atoms with van der Waals surface area (Å²) in [4.78, 5) is 26.1. The van der Waals surface area contributed by atoms with Gasteiger partial charge < -0.3 is 14.0 Å². The van der Waals surface area contributed by atoms with E-state index in [0.717, 1.165) is 6.07 Å². The van der Waals surface area contributed by atoms with Crippen molar-refractivity contribution in [1.82, 2.24) is 9.97 Å². The Morgan fingerprint density at radius 1 is 1.27 bits per heavy atom. The maximum absolute atomic E-state index is 11.7. The zero-order chi connectivity index (χ0) is 11.5.